The van der Waals surface area contributed by atoms with E-state index in [9.17, 15) is 0 Å². The molecule has 130 valence electrons. The van der Waals surface area contributed by atoms with Gasteiger partial charge in [0.1, 0.15) is 0 Å². The van der Waals surface area contributed by atoms with E-state index in [1.807, 2.05) is 24.0 Å². The number of likely N-dealkylation sites (tertiary alicyclic amines) is 1. The van der Waals surface area contributed by atoms with Gasteiger partial charge in [-0.05, 0) is 25.3 Å². The quantitative estimate of drug-likeness (QED) is 0.439. The van der Waals surface area contributed by atoms with Crippen LogP contribution in [0.25, 0.3) is 0 Å². The topological polar surface area (TPSA) is 63.9 Å². The Morgan fingerprint density at radius 1 is 1.35 bits per heavy atom. The zero-order valence-corrected chi connectivity index (χ0v) is 14.3. The van der Waals surface area contributed by atoms with Gasteiger partial charge in [0, 0.05) is 59.4 Å². The lowest BCUT2D eigenvalue weighted by Gasteiger charge is -2.34. The number of nitrogens with one attached hydrogen (secondary N) is 1. The highest BCUT2D eigenvalue weighted by molar-refractivity contribution is 5.79. The van der Waals surface area contributed by atoms with Gasteiger partial charge in [0.25, 0.3) is 0 Å². The van der Waals surface area contributed by atoms with E-state index in [-0.39, 0.29) is 0 Å². The smallest absolute Gasteiger partial charge is 0.193 e. The largest absolute Gasteiger partial charge is 0.385 e. The van der Waals surface area contributed by atoms with Gasteiger partial charge in [0.05, 0.1) is 12.6 Å². The normalized spacial score (nSPS) is 16.8. The Balaban J connectivity index is 1.64. The third-order valence-corrected chi connectivity index (χ3v) is 3.98. The molecule has 2 heterocycles. The molecule has 1 fully saturated rings. The third kappa shape index (κ3) is 6.19. The number of aromatic nitrogens is 2. The van der Waals surface area contributed by atoms with E-state index in [2.05, 4.69) is 20.3 Å². The van der Waals surface area contributed by atoms with Crippen LogP contribution >= 0.6 is 0 Å². The fourth-order valence-corrected chi connectivity index (χ4v) is 2.73. The molecule has 1 saturated heterocycles. The predicted molar refractivity (Wildman–Crippen MR) is 90.6 cm³/mol. The van der Waals surface area contributed by atoms with Gasteiger partial charge < -0.3 is 19.7 Å². The highest BCUT2D eigenvalue weighted by Crippen LogP contribution is 2.14. The molecule has 0 atom stereocenters. The molecule has 2 rings (SSSR count). The maximum atomic E-state index is 5.90. The van der Waals surface area contributed by atoms with Gasteiger partial charge in [0.2, 0.25) is 0 Å². The van der Waals surface area contributed by atoms with E-state index < -0.39 is 0 Å². The standard InChI is InChI=1S/C16H29N5O2/c1-17-16(18-8-12-21-9-3-7-19-21)20-10-5-15(6-11-20)23-14-4-13-22-2/h3,7,9,15H,4-6,8,10-14H2,1-2H3,(H,17,18). The number of nitrogens with zero attached hydrogens (tertiary/aromatic N) is 4. The summed E-state index contributed by atoms with van der Waals surface area (Å²) in [7, 11) is 3.56. The summed E-state index contributed by atoms with van der Waals surface area (Å²) in [5, 5.41) is 7.61. The Labute approximate surface area is 138 Å². The molecule has 1 aromatic rings. The second-order valence-corrected chi connectivity index (χ2v) is 5.65. The zero-order valence-electron chi connectivity index (χ0n) is 14.3. The first-order chi connectivity index (χ1) is 11.3. The van der Waals surface area contributed by atoms with Gasteiger partial charge in [-0.25, -0.2) is 0 Å². The fourth-order valence-electron chi connectivity index (χ4n) is 2.73. The lowest BCUT2D eigenvalue weighted by Crippen LogP contribution is -2.47. The van der Waals surface area contributed by atoms with Crippen LogP contribution in [0.4, 0.5) is 0 Å². The average Bonchev–Trinajstić information content (AvgIpc) is 3.10. The van der Waals surface area contributed by atoms with Crippen molar-refractivity contribution in [3.63, 3.8) is 0 Å². The van der Waals surface area contributed by atoms with E-state index in [0.29, 0.717) is 6.10 Å². The maximum absolute atomic E-state index is 5.90. The molecule has 7 heteroatoms. The SMILES string of the molecule is CN=C(NCCn1cccn1)N1CCC(OCCCOC)CC1. The van der Waals surface area contributed by atoms with Gasteiger partial charge in [0.15, 0.2) is 5.96 Å². The summed E-state index contributed by atoms with van der Waals surface area (Å²) in [4.78, 5) is 6.69. The number of hydrogen-bond acceptors (Lipinski definition) is 4. The summed E-state index contributed by atoms with van der Waals surface area (Å²) in [6, 6.07) is 1.94. The van der Waals surface area contributed by atoms with Crippen LogP contribution in [0, 0.1) is 0 Å². The van der Waals surface area contributed by atoms with Crippen molar-refractivity contribution in [3.05, 3.63) is 18.5 Å². The molecule has 23 heavy (non-hydrogen) atoms. The molecule has 0 bridgehead atoms. The number of methoxy groups -OCH3 is 1. The van der Waals surface area contributed by atoms with Crippen molar-refractivity contribution in [3.8, 4) is 0 Å². The summed E-state index contributed by atoms with van der Waals surface area (Å²) in [5.41, 5.74) is 0. The Bertz CT molecular complexity index is 441. The molecule has 0 saturated carbocycles. The van der Waals surface area contributed by atoms with Crippen LogP contribution in [0.1, 0.15) is 19.3 Å². The molecular formula is C16H29N5O2. The highest BCUT2D eigenvalue weighted by Gasteiger charge is 2.21. The molecular weight excluding hydrogens is 294 g/mol. The summed E-state index contributed by atoms with van der Waals surface area (Å²) in [6.07, 6.45) is 7.20. The van der Waals surface area contributed by atoms with Gasteiger partial charge in [-0.15, -0.1) is 0 Å². The zero-order chi connectivity index (χ0) is 16.3. The fraction of sp³-hybridized carbons (Fsp3) is 0.750. The van der Waals surface area contributed by atoms with E-state index in [1.54, 1.807) is 13.3 Å². The number of hydrogen-bond donors (Lipinski definition) is 1. The summed E-state index contributed by atoms with van der Waals surface area (Å²) < 4.78 is 12.9. The molecule has 0 spiro atoms. The molecule has 1 aromatic heterocycles. The molecule has 0 aliphatic carbocycles. The minimum Gasteiger partial charge on any atom is -0.385 e. The van der Waals surface area contributed by atoms with Crippen molar-refractivity contribution < 1.29 is 9.47 Å². The maximum Gasteiger partial charge on any atom is 0.193 e. The summed E-state index contributed by atoms with van der Waals surface area (Å²) >= 11 is 0. The Morgan fingerprint density at radius 2 is 2.17 bits per heavy atom. The van der Waals surface area contributed by atoms with E-state index in [0.717, 1.165) is 64.6 Å². The molecule has 7 nitrogen and oxygen atoms in total. The summed E-state index contributed by atoms with van der Waals surface area (Å²) in [6.45, 7) is 5.18. The average molecular weight is 323 g/mol. The van der Waals surface area contributed by atoms with Crippen LogP contribution in [0.15, 0.2) is 23.5 Å². The molecule has 0 amide bonds. The second-order valence-electron chi connectivity index (χ2n) is 5.65. The Hall–Kier alpha value is -1.60. The van der Waals surface area contributed by atoms with Gasteiger partial charge >= 0.3 is 0 Å². The van der Waals surface area contributed by atoms with E-state index >= 15 is 0 Å². The number of piperidine rings is 1. The highest BCUT2D eigenvalue weighted by atomic mass is 16.5. The van der Waals surface area contributed by atoms with Crippen LogP contribution in [0.2, 0.25) is 0 Å². The minimum atomic E-state index is 0.366. The number of aliphatic imine (C=N–C) groups is 1. The van der Waals surface area contributed by atoms with Crippen LogP contribution in [0.5, 0.6) is 0 Å². The van der Waals surface area contributed by atoms with Crippen molar-refractivity contribution in [2.75, 3.05) is 47.0 Å². The van der Waals surface area contributed by atoms with E-state index in [4.69, 9.17) is 9.47 Å². The van der Waals surface area contributed by atoms with Crippen LogP contribution in [0.3, 0.4) is 0 Å². The third-order valence-electron chi connectivity index (χ3n) is 3.98. The first-order valence-corrected chi connectivity index (χ1v) is 8.37. The molecule has 0 unspecified atom stereocenters. The monoisotopic (exact) mass is 323 g/mol. The number of rotatable bonds is 8. The van der Waals surface area contributed by atoms with Crippen molar-refractivity contribution in [1.82, 2.24) is 20.0 Å². The lowest BCUT2D eigenvalue weighted by atomic mass is 10.1. The lowest BCUT2D eigenvalue weighted by molar-refractivity contribution is 0.00991. The molecule has 0 radical (unpaired) electrons. The van der Waals surface area contributed by atoms with Crippen LogP contribution in [-0.2, 0) is 16.0 Å². The molecule has 1 aliphatic rings. The first kappa shape index (κ1) is 17.7. The number of guanidine groups is 1. The van der Waals surface area contributed by atoms with Crippen LogP contribution < -0.4 is 5.32 Å². The van der Waals surface area contributed by atoms with Crippen molar-refractivity contribution in [2.24, 2.45) is 4.99 Å². The molecule has 0 aromatic carbocycles. The second kappa shape index (κ2) is 10.2. The Kier molecular flexibility index (Phi) is 7.89. The first-order valence-electron chi connectivity index (χ1n) is 8.37. The van der Waals surface area contributed by atoms with Crippen LogP contribution in [-0.4, -0.2) is 73.7 Å². The van der Waals surface area contributed by atoms with Crippen molar-refractivity contribution >= 4 is 5.96 Å². The van der Waals surface area contributed by atoms with Crippen molar-refractivity contribution in [1.29, 1.82) is 0 Å². The van der Waals surface area contributed by atoms with E-state index in [1.165, 1.54) is 0 Å². The Morgan fingerprint density at radius 3 is 2.83 bits per heavy atom. The van der Waals surface area contributed by atoms with Gasteiger partial charge in [-0.1, -0.05) is 0 Å². The van der Waals surface area contributed by atoms with Crippen molar-refractivity contribution in [2.45, 2.75) is 31.9 Å². The predicted octanol–water partition coefficient (Wildman–Crippen LogP) is 0.976. The number of ether oxygens (including phenoxy) is 2. The molecule has 1 N–H and O–H groups in total. The molecule has 1 aliphatic heterocycles. The summed E-state index contributed by atoms with van der Waals surface area (Å²) in [5.74, 6) is 0.968. The minimum absolute atomic E-state index is 0.366. The van der Waals surface area contributed by atoms with Gasteiger partial charge in [-0.2, -0.15) is 5.10 Å². The van der Waals surface area contributed by atoms with Gasteiger partial charge in [-0.3, -0.25) is 9.67 Å².